The quantitative estimate of drug-likeness (QED) is 0.680. The van der Waals surface area contributed by atoms with Crippen molar-refractivity contribution in [2.24, 2.45) is 5.73 Å². The number of primary amides is 1. The van der Waals surface area contributed by atoms with E-state index in [1.54, 1.807) is 0 Å². The third-order valence-corrected chi connectivity index (χ3v) is 3.90. The molecule has 1 aromatic carbocycles. The average molecular weight is 384 g/mol. The number of nitrogens with two attached hydrogens (primary N) is 1. The number of rotatable bonds is 5. The van der Waals surface area contributed by atoms with Crippen molar-refractivity contribution in [2.75, 3.05) is 7.11 Å². The fourth-order valence-electron chi connectivity index (χ4n) is 2.62. The molecule has 10 heteroatoms. The Kier molecular flexibility index (Phi) is 5.58. The minimum atomic E-state index is -4.57. The van der Waals surface area contributed by atoms with Crippen LogP contribution in [-0.4, -0.2) is 29.1 Å². The van der Waals surface area contributed by atoms with Gasteiger partial charge in [-0.3, -0.25) is 9.59 Å². The normalized spacial score (nSPS) is 12.4. The van der Waals surface area contributed by atoms with Gasteiger partial charge in [0, 0.05) is 18.5 Å². The summed E-state index contributed by atoms with van der Waals surface area (Å²) in [5.74, 6) is -3.72. The number of aromatic amines is 1. The number of pyridine rings is 1. The van der Waals surface area contributed by atoms with Crippen LogP contribution in [0.4, 0.5) is 13.2 Å². The van der Waals surface area contributed by atoms with Crippen LogP contribution < -0.4 is 11.3 Å². The number of ether oxygens (including phenoxy) is 1. The molecule has 7 nitrogen and oxygen atoms in total. The Bertz CT molecular complexity index is 920. The van der Waals surface area contributed by atoms with Gasteiger partial charge in [-0.05, 0) is 17.7 Å². The van der Waals surface area contributed by atoms with E-state index in [4.69, 9.17) is 5.73 Å². The van der Waals surface area contributed by atoms with Crippen LogP contribution in [-0.2, 0) is 15.7 Å². The van der Waals surface area contributed by atoms with Crippen molar-refractivity contribution in [2.45, 2.75) is 18.5 Å². The van der Waals surface area contributed by atoms with Crippen molar-refractivity contribution in [3.05, 3.63) is 63.1 Å². The van der Waals surface area contributed by atoms with Gasteiger partial charge in [0.05, 0.1) is 18.2 Å². The maximum absolute atomic E-state index is 12.7. The lowest BCUT2D eigenvalue weighted by atomic mass is 9.87. The molecule has 0 aliphatic rings. The maximum Gasteiger partial charge on any atom is 0.416 e. The van der Waals surface area contributed by atoms with Gasteiger partial charge >= 0.3 is 12.1 Å². The molecule has 0 spiro atoms. The minimum absolute atomic E-state index is 0.129. The Hall–Kier alpha value is -3.30. The second-order valence-electron chi connectivity index (χ2n) is 5.63. The number of benzene rings is 1. The van der Waals surface area contributed by atoms with E-state index in [0.717, 1.165) is 37.6 Å². The van der Waals surface area contributed by atoms with Gasteiger partial charge in [-0.25, -0.2) is 4.79 Å². The van der Waals surface area contributed by atoms with Gasteiger partial charge in [0.2, 0.25) is 5.91 Å². The summed E-state index contributed by atoms with van der Waals surface area (Å²) in [5.41, 5.74) is 2.82. The van der Waals surface area contributed by atoms with E-state index in [2.05, 4.69) is 9.72 Å². The number of nitrogens with one attached hydrogen (secondary N) is 1. The van der Waals surface area contributed by atoms with Gasteiger partial charge in [0.1, 0.15) is 11.3 Å². The molecule has 1 atom stereocenters. The van der Waals surface area contributed by atoms with Crippen LogP contribution in [0.5, 0.6) is 5.75 Å². The zero-order chi connectivity index (χ0) is 20.4. The van der Waals surface area contributed by atoms with Crippen LogP contribution in [0, 0.1) is 0 Å². The molecule has 1 aromatic heterocycles. The van der Waals surface area contributed by atoms with Crippen molar-refractivity contribution in [1.29, 1.82) is 0 Å². The Morgan fingerprint density at radius 1 is 1.26 bits per heavy atom. The highest BCUT2D eigenvalue weighted by Gasteiger charge is 2.31. The lowest BCUT2D eigenvalue weighted by molar-refractivity contribution is -0.137. The van der Waals surface area contributed by atoms with Gasteiger partial charge in [0.25, 0.3) is 5.56 Å². The number of carbonyl (C=O) groups is 2. The number of carbonyl (C=O) groups excluding carboxylic acids is 2. The summed E-state index contributed by atoms with van der Waals surface area (Å²) in [5, 5.41) is 10.3. The summed E-state index contributed by atoms with van der Waals surface area (Å²) in [6.07, 6.45) is -4.12. The van der Waals surface area contributed by atoms with E-state index >= 15 is 0 Å². The molecular formula is C17H15F3N2O5. The highest BCUT2D eigenvalue weighted by molar-refractivity contribution is 5.92. The fourth-order valence-corrected chi connectivity index (χ4v) is 2.62. The summed E-state index contributed by atoms with van der Waals surface area (Å²) in [4.78, 5) is 37.6. The molecule has 1 heterocycles. The predicted molar refractivity (Wildman–Crippen MR) is 87.2 cm³/mol. The maximum atomic E-state index is 12.7. The molecule has 0 saturated carbocycles. The number of esters is 1. The molecule has 4 N–H and O–H groups in total. The highest BCUT2D eigenvalue weighted by atomic mass is 19.4. The van der Waals surface area contributed by atoms with Crippen molar-refractivity contribution in [3.63, 3.8) is 0 Å². The number of H-pyrrole nitrogens is 1. The minimum Gasteiger partial charge on any atom is -0.506 e. The van der Waals surface area contributed by atoms with Crippen molar-refractivity contribution >= 4 is 11.9 Å². The molecule has 144 valence electrons. The second-order valence-corrected chi connectivity index (χ2v) is 5.63. The topological polar surface area (TPSA) is 122 Å². The zero-order valence-corrected chi connectivity index (χ0v) is 14.0. The summed E-state index contributed by atoms with van der Waals surface area (Å²) in [6.45, 7) is 0. The summed E-state index contributed by atoms with van der Waals surface area (Å²) >= 11 is 0. The molecule has 0 aliphatic carbocycles. The highest BCUT2D eigenvalue weighted by Crippen LogP contribution is 2.35. The summed E-state index contributed by atoms with van der Waals surface area (Å²) in [7, 11) is 1.06. The van der Waals surface area contributed by atoms with E-state index in [0.29, 0.717) is 0 Å². The second kappa shape index (κ2) is 7.52. The lowest BCUT2D eigenvalue weighted by Crippen LogP contribution is -2.24. The number of aromatic hydroxyl groups is 1. The molecule has 2 aromatic rings. The number of alkyl halides is 3. The first-order valence-electron chi connectivity index (χ1n) is 7.54. The lowest BCUT2D eigenvalue weighted by Gasteiger charge is -2.18. The van der Waals surface area contributed by atoms with Crippen LogP contribution in [0.25, 0.3) is 0 Å². The van der Waals surface area contributed by atoms with E-state index in [1.165, 1.54) is 0 Å². The van der Waals surface area contributed by atoms with E-state index in [9.17, 15) is 32.7 Å². The largest absolute Gasteiger partial charge is 0.506 e. The first kappa shape index (κ1) is 20.0. The molecule has 0 unspecified atom stereocenters. The van der Waals surface area contributed by atoms with Crippen LogP contribution in [0.15, 0.2) is 35.3 Å². The fraction of sp³-hybridized carbons (Fsp3) is 0.235. The van der Waals surface area contributed by atoms with Crippen molar-refractivity contribution in [1.82, 2.24) is 4.98 Å². The Balaban J connectivity index is 2.63. The average Bonchev–Trinajstić information content (AvgIpc) is 2.59. The number of hydrogen-bond donors (Lipinski definition) is 3. The molecular weight excluding hydrogens is 369 g/mol. The number of amides is 1. The summed E-state index contributed by atoms with van der Waals surface area (Å²) in [6, 6.07) is 3.69. The number of hydrogen-bond acceptors (Lipinski definition) is 5. The van der Waals surface area contributed by atoms with E-state index < -0.39 is 47.3 Å². The molecule has 0 saturated heterocycles. The van der Waals surface area contributed by atoms with Crippen LogP contribution >= 0.6 is 0 Å². The molecule has 0 fully saturated rings. The molecule has 0 radical (unpaired) electrons. The van der Waals surface area contributed by atoms with Crippen molar-refractivity contribution < 1.29 is 32.6 Å². The molecule has 27 heavy (non-hydrogen) atoms. The Labute approximate surface area is 150 Å². The van der Waals surface area contributed by atoms with E-state index in [1.807, 2.05) is 0 Å². The third-order valence-electron chi connectivity index (χ3n) is 3.90. The monoisotopic (exact) mass is 384 g/mol. The summed E-state index contributed by atoms with van der Waals surface area (Å²) < 4.78 is 42.7. The van der Waals surface area contributed by atoms with Crippen LogP contribution in [0.2, 0.25) is 0 Å². The van der Waals surface area contributed by atoms with Crippen LogP contribution in [0.1, 0.15) is 39.4 Å². The van der Waals surface area contributed by atoms with E-state index in [-0.39, 0.29) is 16.7 Å². The zero-order valence-electron chi connectivity index (χ0n) is 14.0. The molecule has 2 rings (SSSR count). The third kappa shape index (κ3) is 4.27. The Morgan fingerprint density at radius 2 is 1.85 bits per heavy atom. The van der Waals surface area contributed by atoms with Gasteiger partial charge in [-0.15, -0.1) is 0 Å². The van der Waals surface area contributed by atoms with Crippen molar-refractivity contribution in [3.8, 4) is 5.75 Å². The van der Waals surface area contributed by atoms with Gasteiger partial charge in [0.15, 0.2) is 0 Å². The smallest absolute Gasteiger partial charge is 0.416 e. The predicted octanol–water partition coefficient (Wildman–Crippen LogP) is 1.89. The molecule has 0 bridgehead atoms. The number of halogens is 3. The first-order chi connectivity index (χ1) is 12.6. The number of aromatic nitrogens is 1. The number of methoxy groups -OCH3 is 1. The van der Waals surface area contributed by atoms with Gasteiger partial charge in [-0.1, -0.05) is 12.1 Å². The van der Waals surface area contributed by atoms with Gasteiger partial charge < -0.3 is 20.6 Å². The molecule has 1 amide bonds. The van der Waals surface area contributed by atoms with Gasteiger partial charge in [-0.2, -0.15) is 13.2 Å². The first-order valence-corrected chi connectivity index (χ1v) is 7.54. The standard InChI is InChI=1S/C17H15F3N2O5/c1-27-16(26)11-7-22-15(25)13(14(11)24)10(6-12(21)23)8-2-4-9(5-3-8)17(18,19)20/h2-5,7,10H,6H2,1H3,(H2,21,23)(H2,22,24,25)/t10-/m0/s1. The van der Waals surface area contributed by atoms with Crippen LogP contribution in [0.3, 0.4) is 0 Å². The SMILES string of the molecule is COC(=O)c1c[nH]c(=O)c([C@@H](CC(N)=O)c2ccc(C(F)(F)F)cc2)c1O. The Morgan fingerprint density at radius 3 is 2.33 bits per heavy atom. The molecule has 0 aliphatic heterocycles.